The molecule has 0 saturated carbocycles. The van der Waals surface area contributed by atoms with Crippen molar-refractivity contribution < 1.29 is 9.72 Å². The molecule has 0 fully saturated rings. The predicted molar refractivity (Wildman–Crippen MR) is 67.2 cm³/mol. The number of anilines is 1. The summed E-state index contributed by atoms with van der Waals surface area (Å²) in [5, 5.41) is 16.1. The topological polar surface area (TPSA) is 97.2 Å². The standard InChI is InChI=1S/C11H16N4O3/c1-8(2)6-14-10(16)7-13-9-4-3-5-12-11(9)15(17)18/h3-5,8,13H,6-7H2,1-2H3,(H,14,16). The van der Waals surface area contributed by atoms with Gasteiger partial charge in [0, 0.05) is 6.54 Å². The van der Waals surface area contributed by atoms with Crippen LogP contribution in [0.1, 0.15) is 13.8 Å². The molecular formula is C11H16N4O3. The Morgan fingerprint density at radius 3 is 2.89 bits per heavy atom. The summed E-state index contributed by atoms with van der Waals surface area (Å²) in [5.74, 6) is -0.127. The van der Waals surface area contributed by atoms with E-state index in [0.29, 0.717) is 12.5 Å². The first kappa shape index (κ1) is 13.9. The maximum Gasteiger partial charge on any atom is 0.386 e. The second kappa shape index (κ2) is 6.53. The van der Waals surface area contributed by atoms with Crippen LogP contribution in [0.4, 0.5) is 11.5 Å². The number of rotatable bonds is 6. The maximum absolute atomic E-state index is 11.4. The average molecular weight is 252 g/mol. The Kier molecular flexibility index (Phi) is 5.04. The third kappa shape index (κ3) is 4.36. The number of carbonyl (C=O) groups is 1. The summed E-state index contributed by atoms with van der Waals surface area (Å²) in [7, 11) is 0. The van der Waals surface area contributed by atoms with E-state index in [-0.39, 0.29) is 24.0 Å². The molecule has 1 rings (SSSR count). The van der Waals surface area contributed by atoms with Gasteiger partial charge in [0.15, 0.2) is 0 Å². The third-order valence-corrected chi connectivity index (χ3v) is 2.11. The van der Waals surface area contributed by atoms with Crippen molar-refractivity contribution >= 4 is 17.4 Å². The highest BCUT2D eigenvalue weighted by Gasteiger charge is 2.14. The van der Waals surface area contributed by atoms with Crippen LogP contribution in [0, 0.1) is 16.0 Å². The van der Waals surface area contributed by atoms with Gasteiger partial charge in [-0.05, 0) is 28.0 Å². The first-order valence-corrected chi connectivity index (χ1v) is 5.60. The zero-order chi connectivity index (χ0) is 13.5. The van der Waals surface area contributed by atoms with Crippen LogP contribution in [0.15, 0.2) is 18.3 Å². The van der Waals surface area contributed by atoms with E-state index in [4.69, 9.17) is 0 Å². The molecule has 2 N–H and O–H groups in total. The lowest BCUT2D eigenvalue weighted by atomic mass is 10.2. The van der Waals surface area contributed by atoms with Crippen LogP contribution in [0.2, 0.25) is 0 Å². The first-order chi connectivity index (χ1) is 8.50. The summed E-state index contributed by atoms with van der Waals surface area (Å²) in [6.07, 6.45) is 1.34. The maximum atomic E-state index is 11.4. The van der Waals surface area contributed by atoms with Crippen LogP contribution >= 0.6 is 0 Å². The molecule has 7 nitrogen and oxygen atoms in total. The van der Waals surface area contributed by atoms with E-state index in [2.05, 4.69) is 15.6 Å². The van der Waals surface area contributed by atoms with E-state index in [1.54, 1.807) is 6.07 Å². The molecule has 0 saturated heterocycles. The third-order valence-electron chi connectivity index (χ3n) is 2.11. The van der Waals surface area contributed by atoms with Gasteiger partial charge in [-0.1, -0.05) is 13.8 Å². The molecular weight excluding hydrogens is 236 g/mol. The molecule has 0 radical (unpaired) electrons. The molecule has 1 aromatic heterocycles. The normalized spacial score (nSPS) is 10.2. The number of carbonyl (C=O) groups excluding carboxylic acids is 1. The SMILES string of the molecule is CC(C)CNC(=O)CNc1cccnc1[N+](=O)[O-]. The van der Waals surface area contributed by atoms with E-state index < -0.39 is 4.92 Å². The van der Waals surface area contributed by atoms with Crippen molar-refractivity contribution in [2.75, 3.05) is 18.4 Å². The summed E-state index contributed by atoms with van der Waals surface area (Å²) < 4.78 is 0. The van der Waals surface area contributed by atoms with Gasteiger partial charge in [-0.3, -0.25) is 4.79 Å². The van der Waals surface area contributed by atoms with Crippen LogP contribution in [0.5, 0.6) is 0 Å². The van der Waals surface area contributed by atoms with Gasteiger partial charge in [0.2, 0.25) is 5.91 Å². The zero-order valence-corrected chi connectivity index (χ0v) is 10.3. The molecule has 0 spiro atoms. The Morgan fingerprint density at radius 1 is 1.56 bits per heavy atom. The smallest absolute Gasteiger partial charge is 0.369 e. The lowest BCUT2D eigenvalue weighted by molar-refractivity contribution is -0.388. The van der Waals surface area contributed by atoms with Gasteiger partial charge in [0.1, 0.15) is 11.9 Å². The molecule has 1 amide bonds. The minimum Gasteiger partial charge on any atom is -0.369 e. The van der Waals surface area contributed by atoms with Crippen molar-refractivity contribution in [2.24, 2.45) is 5.92 Å². The Balaban J connectivity index is 2.53. The summed E-state index contributed by atoms with van der Waals surface area (Å²) >= 11 is 0. The molecule has 1 heterocycles. The van der Waals surface area contributed by atoms with E-state index in [9.17, 15) is 14.9 Å². The largest absolute Gasteiger partial charge is 0.386 e. The Morgan fingerprint density at radius 2 is 2.28 bits per heavy atom. The van der Waals surface area contributed by atoms with Crippen molar-refractivity contribution in [3.8, 4) is 0 Å². The molecule has 0 bridgehead atoms. The average Bonchev–Trinajstić information content (AvgIpc) is 2.34. The Labute approximate surface area is 105 Å². The van der Waals surface area contributed by atoms with Gasteiger partial charge in [-0.15, -0.1) is 0 Å². The molecule has 7 heteroatoms. The molecule has 18 heavy (non-hydrogen) atoms. The van der Waals surface area contributed by atoms with Crippen LogP contribution in [0.3, 0.4) is 0 Å². The summed E-state index contributed by atoms with van der Waals surface area (Å²) in [5.41, 5.74) is 0.238. The number of nitro groups is 1. The van der Waals surface area contributed by atoms with Crippen molar-refractivity contribution in [1.82, 2.24) is 10.3 Å². The van der Waals surface area contributed by atoms with Gasteiger partial charge >= 0.3 is 5.82 Å². The minimum atomic E-state index is -0.589. The zero-order valence-electron chi connectivity index (χ0n) is 10.3. The molecule has 0 unspecified atom stereocenters. The second-order valence-electron chi connectivity index (χ2n) is 4.18. The van der Waals surface area contributed by atoms with E-state index >= 15 is 0 Å². The van der Waals surface area contributed by atoms with Gasteiger partial charge < -0.3 is 20.7 Å². The molecule has 98 valence electrons. The predicted octanol–water partition coefficient (Wildman–Crippen LogP) is 1.17. The highest BCUT2D eigenvalue weighted by Crippen LogP contribution is 2.19. The van der Waals surface area contributed by atoms with Crippen molar-refractivity contribution in [2.45, 2.75) is 13.8 Å². The fraction of sp³-hybridized carbons (Fsp3) is 0.455. The molecule has 0 aliphatic heterocycles. The van der Waals surface area contributed by atoms with Crippen molar-refractivity contribution in [1.29, 1.82) is 0 Å². The Hall–Kier alpha value is -2.18. The number of amides is 1. The van der Waals surface area contributed by atoms with Gasteiger partial charge in [0.05, 0.1) is 6.54 Å². The molecule has 0 atom stereocenters. The number of hydrogen-bond acceptors (Lipinski definition) is 5. The lowest BCUT2D eigenvalue weighted by Crippen LogP contribution is -2.32. The van der Waals surface area contributed by atoms with Gasteiger partial charge in [-0.2, -0.15) is 0 Å². The highest BCUT2D eigenvalue weighted by atomic mass is 16.6. The van der Waals surface area contributed by atoms with Gasteiger partial charge in [-0.25, -0.2) is 0 Å². The van der Waals surface area contributed by atoms with Crippen molar-refractivity contribution in [3.63, 3.8) is 0 Å². The van der Waals surface area contributed by atoms with Crippen LogP contribution < -0.4 is 10.6 Å². The van der Waals surface area contributed by atoms with E-state index in [0.717, 1.165) is 0 Å². The monoisotopic (exact) mass is 252 g/mol. The molecule has 0 aliphatic carbocycles. The van der Waals surface area contributed by atoms with E-state index in [1.807, 2.05) is 13.8 Å². The van der Waals surface area contributed by atoms with Crippen molar-refractivity contribution in [3.05, 3.63) is 28.4 Å². The van der Waals surface area contributed by atoms with Crippen LogP contribution in [-0.2, 0) is 4.79 Å². The summed E-state index contributed by atoms with van der Waals surface area (Å²) in [4.78, 5) is 25.2. The quantitative estimate of drug-likeness (QED) is 0.585. The number of nitrogens with zero attached hydrogens (tertiary/aromatic N) is 2. The lowest BCUT2D eigenvalue weighted by Gasteiger charge is -2.09. The fourth-order valence-corrected chi connectivity index (χ4v) is 1.24. The number of nitrogens with one attached hydrogen (secondary N) is 2. The summed E-state index contributed by atoms with van der Waals surface area (Å²) in [6, 6.07) is 3.09. The number of pyridine rings is 1. The Bertz CT molecular complexity index is 434. The second-order valence-corrected chi connectivity index (χ2v) is 4.18. The molecule has 1 aromatic rings. The summed E-state index contributed by atoms with van der Waals surface area (Å²) in [6.45, 7) is 4.54. The van der Waals surface area contributed by atoms with Crippen LogP contribution in [0.25, 0.3) is 0 Å². The minimum absolute atomic E-state index is 0.0146. The number of aromatic nitrogens is 1. The molecule has 0 aromatic carbocycles. The fourth-order valence-electron chi connectivity index (χ4n) is 1.24. The van der Waals surface area contributed by atoms with Gasteiger partial charge in [0.25, 0.3) is 0 Å². The molecule has 0 aliphatic rings. The van der Waals surface area contributed by atoms with E-state index in [1.165, 1.54) is 12.3 Å². The first-order valence-electron chi connectivity index (χ1n) is 5.60. The highest BCUT2D eigenvalue weighted by molar-refractivity contribution is 5.81. The van der Waals surface area contributed by atoms with Crippen LogP contribution in [-0.4, -0.2) is 28.9 Å². The number of hydrogen-bond donors (Lipinski definition) is 2.